The van der Waals surface area contributed by atoms with Crippen LogP contribution in [0.25, 0.3) is 0 Å². The first kappa shape index (κ1) is 24.8. The molecule has 0 aromatic heterocycles. The molecule has 0 spiro atoms. The molecule has 29 heavy (non-hydrogen) atoms. The molecule has 0 radical (unpaired) electrons. The smallest absolute Gasteiger partial charge is 0.0734 e. The van der Waals surface area contributed by atoms with Crippen LogP contribution in [0.4, 0.5) is 0 Å². The predicted octanol–water partition coefficient (Wildman–Crippen LogP) is 3.45. The van der Waals surface area contributed by atoms with Crippen LogP contribution in [-0.2, 0) is 0 Å². The maximum Gasteiger partial charge on any atom is 0.0734 e. The van der Waals surface area contributed by atoms with Gasteiger partial charge in [0.15, 0.2) is 0 Å². The van der Waals surface area contributed by atoms with Crippen LogP contribution in [0.3, 0.4) is 0 Å². The van der Waals surface area contributed by atoms with Crippen molar-refractivity contribution in [3.05, 3.63) is 34.8 Å². The van der Waals surface area contributed by atoms with Crippen LogP contribution < -0.4 is 10.6 Å². The maximum absolute atomic E-state index is 5.02. The van der Waals surface area contributed by atoms with Crippen LogP contribution in [0.1, 0.15) is 40.5 Å². The number of nitrogens with one attached hydrogen (secondary N) is 2. The van der Waals surface area contributed by atoms with E-state index in [1.165, 1.54) is 18.4 Å². The van der Waals surface area contributed by atoms with Crippen LogP contribution in [0, 0.1) is 5.92 Å². The summed E-state index contributed by atoms with van der Waals surface area (Å²) in [5.74, 6) is 0.431. The average molecular weight is 401 g/mol. The normalized spacial score (nSPS) is 21.1. The van der Waals surface area contributed by atoms with Gasteiger partial charge in [-0.05, 0) is 65.8 Å². The summed E-state index contributed by atoms with van der Waals surface area (Å²) in [7, 11) is 5.87. The molecule has 1 aliphatic heterocycles. The van der Waals surface area contributed by atoms with Crippen molar-refractivity contribution in [1.82, 2.24) is 15.5 Å². The lowest BCUT2D eigenvalue weighted by Crippen LogP contribution is -2.36. The summed E-state index contributed by atoms with van der Waals surface area (Å²) in [4.78, 5) is 15.9. The first-order valence-corrected chi connectivity index (χ1v) is 10.6. The Morgan fingerprint density at radius 1 is 1.24 bits per heavy atom. The summed E-state index contributed by atoms with van der Waals surface area (Å²) >= 11 is 0. The number of likely N-dealkylation sites (tertiary alicyclic amines) is 1. The molecule has 6 heteroatoms. The first-order chi connectivity index (χ1) is 13.9. The van der Waals surface area contributed by atoms with E-state index in [2.05, 4.69) is 51.6 Å². The van der Waals surface area contributed by atoms with Gasteiger partial charge in [-0.3, -0.25) is 15.0 Å². The van der Waals surface area contributed by atoms with Crippen molar-refractivity contribution < 1.29 is 0 Å². The van der Waals surface area contributed by atoms with E-state index >= 15 is 0 Å². The summed E-state index contributed by atoms with van der Waals surface area (Å²) in [5.41, 5.74) is 5.32. The molecule has 0 bridgehead atoms. The third-order valence-corrected chi connectivity index (χ3v) is 5.00. The van der Waals surface area contributed by atoms with Crippen molar-refractivity contribution in [3.8, 4) is 0 Å². The fraction of sp³-hybridized carbons (Fsp3) is 0.609. The Hall–Kier alpha value is -2.21. The summed E-state index contributed by atoms with van der Waals surface area (Å²) in [6, 6.07) is 0. The zero-order chi connectivity index (χ0) is 21.6. The highest BCUT2D eigenvalue weighted by Crippen LogP contribution is 2.20. The van der Waals surface area contributed by atoms with Gasteiger partial charge in [-0.1, -0.05) is 6.08 Å². The molecule has 1 aliphatic rings. The minimum atomic E-state index is 0.431. The molecular formula is C23H40N6. The lowest BCUT2D eigenvalue weighted by Gasteiger charge is -2.30. The Morgan fingerprint density at radius 3 is 2.59 bits per heavy atom. The molecule has 0 aromatic carbocycles. The van der Waals surface area contributed by atoms with E-state index in [1.54, 1.807) is 7.05 Å². The van der Waals surface area contributed by atoms with Crippen molar-refractivity contribution >= 4 is 18.1 Å². The van der Waals surface area contributed by atoms with E-state index in [-0.39, 0.29) is 0 Å². The van der Waals surface area contributed by atoms with Crippen molar-refractivity contribution in [1.29, 1.82) is 0 Å². The van der Waals surface area contributed by atoms with Gasteiger partial charge in [0.2, 0.25) is 0 Å². The van der Waals surface area contributed by atoms with Crippen LogP contribution in [0.2, 0.25) is 0 Å². The predicted molar refractivity (Wildman–Crippen MR) is 128 cm³/mol. The largest absolute Gasteiger partial charge is 0.385 e. The average Bonchev–Trinajstić information content (AvgIpc) is 2.71. The number of nitrogens with zero attached hydrogens (tertiary/aromatic N) is 4. The zero-order valence-electron chi connectivity index (χ0n) is 19.4. The second kappa shape index (κ2) is 13.9. The second-order valence-electron chi connectivity index (χ2n) is 7.45. The summed E-state index contributed by atoms with van der Waals surface area (Å²) in [5, 5.41) is 6.71. The minimum Gasteiger partial charge on any atom is -0.385 e. The van der Waals surface area contributed by atoms with Gasteiger partial charge in [-0.15, -0.1) is 0 Å². The third-order valence-electron chi connectivity index (χ3n) is 5.00. The van der Waals surface area contributed by atoms with Gasteiger partial charge in [0.1, 0.15) is 0 Å². The van der Waals surface area contributed by atoms with Gasteiger partial charge in [0.25, 0.3) is 0 Å². The molecule has 1 unspecified atom stereocenters. The lowest BCUT2D eigenvalue weighted by atomic mass is 9.92. The Kier molecular flexibility index (Phi) is 11.9. The quantitative estimate of drug-likeness (QED) is 0.552. The van der Waals surface area contributed by atoms with E-state index in [9.17, 15) is 0 Å². The molecule has 0 saturated carbocycles. The Labute approximate surface area is 177 Å². The van der Waals surface area contributed by atoms with Crippen LogP contribution in [0.5, 0.6) is 0 Å². The van der Waals surface area contributed by atoms with Crippen LogP contribution in [-0.4, -0.2) is 70.4 Å². The SMILES string of the molecule is C/C=C(\C=NCC)CN/C(C)=C/C(=N/C(C)=C(/C=NC)NC)C1CCCN(C)C1. The summed E-state index contributed by atoms with van der Waals surface area (Å²) < 4.78 is 0. The van der Waals surface area contributed by atoms with Crippen LogP contribution in [0.15, 0.2) is 49.8 Å². The molecule has 162 valence electrons. The summed E-state index contributed by atoms with van der Waals surface area (Å²) in [6.07, 6.45) is 10.4. The zero-order valence-corrected chi connectivity index (χ0v) is 19.4. The number of hydrogen-bond donors (Lipinski definition) is 2. The molecule has 1 atom stereocenters. The van der Waals surface area contributed by atoms with Gasteiger partial charge in [0.05, 0.1) is 11.4 Å². The van der Waals surface area contributed by atoms with Gasteiger partial charge in [-0.2, -0.15) is 0 Å². The topological polar surface area (TPSA) is 64.4 Å². The van der Waals surface area contributed by atoms with Crippen molar-refractivity contribution in [2.24, 2.45) is 20.9 Å². The monoisotopic (exact) mass is 400 g/mol. The third kappa shape index (κ3) is 9.22. The lowest BCUT2D eigenvalue weighted by molar-refractivity contribution is 0.247. The van der Waals surface area contributed by atoms with Crippen LogP contribution >= 0.6 is 0 Å². The van der Waals surface area contributed by atoms with Crippen molar-refractivity contribution in [2.45, 2.75) is 40.5 Å². The minimum absolute atomic E-state index is 0.431. The number of rotatable bonds is 10. The molecule has 1 saturated heterocycles. The molecular weight excluding hydrogens is 360 g/mol. The molecule has 1 heterocycles. The van der Waals surface area contributed by atoms with E-state index in [4.69, 9.17) is 4.99 Å². The highest BCUT2D eigenvalue weighted by Gasteiger charge is 2.21. The number of hydrogen-bond acceptors (Lipinski definition) is 6. The summed E-state index contributed by atoms with van der Waals surface area (Å²) in [6.45, 7) is 12.0. The van der Waals surface area contributed by atoms with E-state index < -0.39 is 0 Å². The van der Waals surface area contributed by atoms with E-state index in [0.717, 1.165) is 49.0 Å². The molecule has 0 aliphatic carbocycles. The Morgan fingerprint density at radius 2 is 2.00 bits per heavy atom. The second-order valence-corrected chi connectivity index (χ2v) is 7.45. The van der Waals surface area contributed by atoms with Gasteiger partial charge in [-0.25, -0.2) is 0 Å². The standard InChI is InChI=1S/C23H40N6/c1-8-20(14-26-9-2)15-27-18(3)13-22(21-11-10-12-29(7)17-21)28-19(4)23(25-6)16-24-5/h8,13-14,16,21,25,27H,9-12,15,17H2,1-7H3/b18-13+,20-8+,23-19-,24-16?,26-14?,28-22-. The van der Waals surface area contributed by atoms with Crippen molar-refractivity contribution in [3.63, 3.8) is 0 Å². The highest BCUT2D eigenvalue weighted by atomic mass is 15.1. The van der Waals surface area contributed by atoms with E-state index in [1.807, 2.05) is 40.2 Å². The Balaban J connectivity index is 3.11. The number of allylic oxidation sites excluding steroid dienone is 5. The molecule has 1 rings (SSSR count). The number of aliphatic imine (C=N–C) groups is 3. The fourth-order valence-corrected chi connectivity index (χ4v) is 3.32. The van der Waals surface area contributed by atoms with Gasteiger partial charge in [0, 0.05) is 63.5 Å². The van der Waals surface area contributed by atoms with Gasteiger partial charge >= 0.3 is 0 Å². The van der Waals surface area contributed by atoms with Crippen molar-refractivity contribution in [2.75, 3.05) is 47.3 Å². The molecule has 2 N–H and O–H groups in total. The highest BCUT2D eigenvalue weighted by molar-refractivity contribution is 5.98. The molecule has 6 nitrogen and oxygen atoms in total. The first-order valence-electron chi connectivity index (χ1n) is 10.6. The maximum atomic E-state index is 5.02. The fourth-order valence-electron chi connectivity index (χ4n) is 3.32. The van der Waals surface area contributed by atoms with Gasteiger partial charge < -0.3 is 15.5 Å². The Bertz CT molecular complexity index is 681. The molecule has 0 aromatic rings. The molecule has 0 amide bonds. The molecule has 1 fully saturated rings. The van der Waals surface area contributed by atoms with E-state index in [0.29, 0.717) is 5.92 Å². The number of piperidine rings is 1.